The largest absolute Gasteiger partial charge is 0.357 e. The van der Waals surface area contributed by atoms with E-state index in [0.29, 0.717) is 19.5 Å². The fourth-order valence-corrected chi connectivity index (χ4v) is 3.59. The zero-order valence-electron chi connectivity index (χ0n) is 15.4. The Hall–Kier alpha value is -0.900. The highest BCUT2D eigenvalue weighted by molar-refractivity contribution is 14.0. The van der Waals surface area contributed by atoms with Crippen molar-refractivity contribution < 1.29 is 4.79 Å². The Morgan fingerprint density at radius 2 is 2.00 bits per heavy atom. The van der Waals surface area contributed by atoms with Crippen LogP contribution in [0.1, 0.15) is 41.8 Å². The Morgan fingerprint density at radius 1 is 1.28 bits per heavy atom. The lowest BCUT2D eigenvalue weighted by molar-refractivity contribution is -0.129. The van der Waals surface area contributed by atoms with E-state index in [4.69, 9.17) is 0 Å². The number of rotatable bonds is 7. The van der Waals surface area contributed by atoms with Crippen molar-refractivity contribution in [2.24, 2.45) is 4.99 Å². The highest BCUT2D eigenvalue weighted by atomic mass is 127. The molecule has 1 aromatic heterocycles. The molecule has 0 spiro atoms. The zero-order valence-corrected chi connectivity index (χ0v) is 18.6. The second-order valence-corrected chi connectivity index (χ2v) is 7.31. The van der Waals surface area contributed by atoms with Gasteiger partial charge in [0.1, 0.15) is 0 Å². The van der Waals surface area contributed by atoms with E-state index in [-0.39, 0.29) is 29.9 Å². The number of halogens is 1. The lowest BCUT2D eigenvalue weighted by Crippen LogP contribution is -2.39. The molecule has 1 saturated heterocycles. The Balaban J connectivity index is 0.00000312. The molecule has 0 saturated carbocycles. The molecular formula is C17H30IN5OS. The van der Waals surface area contributed by atoms with Crippen molar-refractivity contribution >= 4 is 47.2 Å². The van der Waals surface area contributed by atoms with Crippen LogP contribution in [0.4, 0.5) is 0 Å². The van der Waals surface area contributed by atoms with Crippen LogP contribution in [-0.2, 0) is 11.2 Å². The number of hydrogen-bond donors (Lipinski definition) is 2. The van der Waals surface area contributed by atoms with E-state index in [1.165, 1.54) is 4.88 Å². The van der Waals surface area contributed by atoms with Crippen molar-refractivity contribution in [3.8, 4) is 0 Å². The number of carbonyl (C=O) groups excluding carboxylic acids is 1. The van der Waals surface area contributed by atoms with Gasteiger partial charge in [-0.2, -0.15) is 0 Å². The smallest absolute Gasteiger partial charge is 0.224 e. The molecule has 6 nitrogen and oxygen atoms in total. The third-order valence-corrected chi connectivity index (χ3v) is 5.24. The molecular weight excluding hydrogens is 449 g/mol. The second-order valence-electron chi connectivity index (χ2n) is 6.02. The summed E-state index contributed by atoms with van der Waals surface area (Å²) in [6.07, 6.45) is 3.65. The van der Waals surface area contributed by atoms with Gasteiger partial charge in [0.15, 0.2) is 5.96 Å². The number of hydrogen-bond acceptors (Lipinski definition) is 4. The van der Waals surface area contributed by atoms with E-state index in [0.717, 1.165) is 55.6 Å². The van der Waals surface area contributed by atoms with E-state index in [1.54, 1.807) is 11.3 Å². The highest BCUT2D eigenvalue weighted by Gasteiger charge is 2.17. The van der Waals surface area contributed by atoms with Crippen LogP contribution >= 0.6 is 35.3 Å². The van der Waals surface area contributed by atoms with Crippen LogP contribution in [0.15, 0.2) is 4.99 Å². The molecule has 25 heavy (non-hydrogen) atoms. The molecule has 1 aliphatic heterocycles. The molecule has 1 fully saturated rings. The minimum atomic E-state index is 0. The molecule has 1 amide bonds. The van der Waals surface area contributed by atoms with Gasteiger partial charge in [0.05, 0.1) is 10.7 Å². The lowest BCUT2D eigenvalue weighted by Gasteiger charge is -2.16. The predicted molar refractivity (Wildman–Crippen MR) is 115 cm³/mol. The standard InChI is InChI=1S/C17H29N5OS.HI/c1-4-18-17(19-9-7-15-21-13(2)14(3)24-15)20-10-8-16(23)22-11-5-6-12-22;/h4-12H2,1-3H3,(H2,18,19,20);1H. The minimum absolute atomic E-state index is 0. The summed E-state index contributed by atoms with van der Waals surface area (Å²) in [6, 6.07) is 0. The van der Waals surface area contributed by atoms with Gasteiger partial charge < -0.3 is 15.5 Å². The van der Waals surface area contributed by atoms with Crippen LogP contribution in [0.3, 0.4) is 0 Å². The molecule has 0 bridgehead atoms. The van der Waals surface area contributed by atoms with Crippen molar-refractivity contribution in [2.75, 3.05) is 32.7 Å². The summed E-state index contributed by atoms with van der Waals surface area (Å²) < 4.78 is 0. The summed E-state index contributed by atoms with van der Waals surface area (Å²) in [5.74, 6) is 1.02. The van der Waals surface area contributed by atoms with E-state index in [9.17, 15) is 4.79 Å². The van der Waals surface area contributed by atoms with Crippen molar-refractivity contribution in [2.45, 2.75) is 46.5 Å². The molecule has 2 heterocycles. The molecule has 2 N–H and O–H groups in total. The van der Waals surface area contributed by atoms with Crippen molar-refractivity contribution in [3.63, 3.8) is 0 Å². The monoisotopic (exact) mass is 479 g/mol. The van der Waals surface area contributed by atoms with Crippen LogP contribution in [0.25, 0.3) is 0 Å². The number of aromatic nitrogens is 1. The molecule has 0 unspecified atom stereocenters. The molecule has 0 aliphatic carbocycles. The first-order valence-electron chi connectivity index (χ1n) is 8.83. The first kappa shape index (κ1) is 22.1. The first-order valence-corrected chi connectivity index (χ1v) is 9.64. The predicted octanol–water partition coefficient (Wildman–Crippen LogP) is 2.49. The number of guanidine groups is 1. The molecule has 142 valence electrons. The molecule has 0 aromatic carbocycles. The maximum Gasteiger partial charge on any atom is 0.224 e. The van der Waals surface area contributed by atoms with Crippen molar-refractivity contribution in [1.29, 1.82) is 0 Å². The van der Waals surface area contributed by atoms with Crippen molar-refractivity contribution in [1.82, 2.24) is 20.5 Å². The molecule has 1 aromatic rings. The van der Waals surface area contributed by atoms with Gasteiger partial charge in [0, 0.05) is 50.4 Å². The number of nitrogens with zero attached hydrogens (tertiary/aromatic N) is 3. The summed E-state index contributed by atoms with van der Waals surface area (Å²) in [4.78, 5) is 24.4. The maximum absolute atomic E-state index is 12.0. The summed E-state index contributed by atoms with van der Waals surface area (Å²) in [6.45, 7) is 10.1. The summed E-state index contributed by atoms with van der Waals surface area (Å²) >= 11 is 1.74. The van der Waals surface area contributed by atoms with E-state index >= 15 is 0 Å². The SMILES string of the molecule is CCNC(=NCCc1nc(C)c(C)s1)NCCC(=O)N1CCCC1.I. The highest BCUT2D eigenvalue weighted by Crippen LogP contribution is 2.16. The Kier molecular flexibility index (Phi) is 10.3. The van der Waals surface area contributed by atoms with Crippen LogP contribution in [-0.4, -0.2) is 54.5 Å². The van der Waals surface area contributed by atoms with Crippen molar-refractivity contribution in [3.05, 3.63) is 15.6 Å². The van der Waals surface area contributed by atoms with Gasteiger partial charge in [-0.05, 0) is 33.6 Å². The fraction of sp³-hybridized carbons (Fsp3) is 0.706. The normalized spacial score (nSPS) is 14.4. The van der Waals surface area contributed by atoms with Crippen LogP contribution in [0.2, 0.25) is 0 Å². The number of aryl methyl sites for hydroxylation is 2. The van der Waals surface area contributed by atoms with E-state index in [2.05, 4.69) is 27.5 Å². The third-order valence-electron chi connectivity index (χ3n) is 4.10. The number of amides is 1. The van der Waals surface area contributed by atoms with Gasteiger partial charge in [-0.1, -0.05) is 0 Å². The number of nitrogens with one attached hydrogen (secondary N) is 2. The number of aliphatic imine (C=N–C) groups is 1. The average Bonchev–Trinajstić information content (AvgIpc) is 3.18. The van der Waals surface area contributed by atoms with Gasteiger partial charge in [-0.3, -0.25) is 9.79 Å². The Labute approximate surface area is 171 Å². The summed E-state index contributed by atoms with van der Waals surface area (Å²) in [7, 11) is 0. The average molecular weight is 479 g/mol. The molecule has 0 radical (unpaired) electrons. The lowest BCUT2D eigenvalue weighted by atomic mass is 10.3. The van der Waals surface area contributed by atoms with Gasteiger partial charge in [-0.25, -0.2) is 4.98 Å². The van der Waals surface area contributed by atoms with Gasteiger partial charge in [0.25, 0.3) is 0 Å². The van der Waals surface area contributed by atoms with Crippen LogP contribution in [0, 0.1) is 13.8 Å². The maximum atomic E-state index is 12.0. The Morgan fingerprint density at radius 3 is 2.60 bits per heavy atom. The van der Waals surface area contributed by atoms with E-state index in [1.807, 2.05) is 18.7 Å². The topological polar surface area (TPSA) is 69.6 Å². The van der Waals surface area contributed by atoms with E-state index < -0.39 is 0 Å². The van der Waals surface area contributed by atoms with Gasteiger partial charge in [0.2, 0.25) is 5.91 Å². The second kappa shape index (κ2) is 11.7. The third kappa shape index (κ3) is 7.47. The molecule has 8 heteroatoms. The molecule has 1 aliphatic rings. The number of thiazole rings is 1. The van der Waals surface area contributed by atoms with Crippen LogP contribution in [0.5, 0.6) is 0 Å². The number of likely N-dealkylation sites (tertiary alicyclic amines) is 1. The number of carbonyl (C=O) groups is 1. The van der Waals surface area contributed by atoms with Crippen LogP contribution < -0.4 is 10.6 Å². The minimum Gasteiger partial charge on any atom is -0.357 e. The van der Waals surface area contributed by atoms with Gasteiger partial charge >= 0.3 is 0 Å². The van der Waals surface area contributed by atoms with Gasteiger partial charge in [-0.15, -0.1) is 35.3 Å². The first-order chi connectivity index (χ1) is 11.6. The molecule has 2 rings (SSSR count). The fourth-order valence-electron chi connectivity index (χ4n) is 2.66. The molecule has 0 atom stereocenters. The summed E-state index contributed by atoms with van der Waals surface area (Å²) in [5, 5.41) is 7.61. The quantitative estimate of drug-likeness (QED) is 0.358. The summed E-state index contributed by atoms with van der Waals surface area (Å²) in [5.41, 5.74) is 1.12. The zero-order chi connectivity index (χ0) is 17.4. The Bertz CT molecular complexity index is 550.